The first-order valence-corrected chi connectivity index (χ1v) is 20.2. The lowest BCUT2D eigenvalue weighted by Crippen LogP contribution is -2.11. The van der Waals surface area contributed by atoms with Gasteiger partial charge in [0, 0.05) is 66.4 Å². The minimum atomic E-state index is -4.47. The predicted octanol–water partition coefficient (Wildman–Crippen LogP) is 15.8. The van der Waals surface area contributed by atoms with Gasteiger partial charge in [-0.2, -0.15) is 23.7 Å². The van der Waals surface area contributed by atoms with Gasteiger partial charge in [0.15, 0.2) is 11.2 Å². The monoisotopic (exact) mass is 824 g/mol. The van der Waals surface area contributed by atoms with Crippen LogP contribution in [0.2, 0.25) is 0 Å². The van der Waals surface area contributed by atoms with Crippen molar-refractivity contribution < 1.29 is 22.0 Å². The molecule has 2 heterocycles. The maximum atomic E-state index is 13.5. The summed E-state index contributed by atoms with van der Waals surface area (Å²) in [5.74, 6) is 0. The van der Waals surface area contributed by atoms with E-state index in [1.54, 1.807) is 24.3 Å². The number of rotatable bonds is 6. The highest BCUT2D eigenvalue weighted by atomic mass is 19.4. The summed E-state index contributed by atoms with van der Waals surface area (Å²) in [5, 5.41) is 26.3. The van der Waals surface area contributed by atoms with Crippen LogP contribution in [0.4, 0.5) is 47.3 Å². The summed E-state index contributed by atoms with van der Waals surface area (Å²) in [5.41, 5.74) is 9.03. The fraction of sp³-hybridized carbons (Fsp3) is 0.0370. The number of halogens is 3. The smallest absolute Gasteiger partial charge is 0.416 e. The Balaban J connectivity index is 1.02. The number of hydrogen-bond acceptors (Lipinski definition) is 6. The quantitative estimate of drug-likeness (QED) is 0.166. The molecule has 0 N–H and O–H groups in total. The van der Waals surface area contributed by atoms with Crippen molar-refractivity contribution in [1.82, 2.24) is 0 Å². The molecule has 0 saturated heterocycles. The molecule has 0 amide bonds. The summed E-state index contributed by atoms with van der Waals surface area (Å²) in [6.45, 7) is 2.06. The van der Waals surface area contributed by atoms with Crippen LogP contribution in [0, 0.1) is 29.6 Å². The molecule has 0 fully saturated rings. The largest absolute Gasteiger partial charge is 0.451 e. The Labute approximate surface area is 358 Å². The van der Waals surface area contributed by atoms with Gasteiger partial charge in [-0.1, -0.05) is 29.8 Å². The third-order valence-electron chi connectivity index (χ3n) is 11.8. The number of aryl methyl sites for hydroxylation is 1. The van der Waals surface area contributed by atoms with Gasteiger partial charge >= 0.3 is 6.18 Å². The molecule has 11 rings (SSSR count). The molecule has 63 heavy (non-hydrogen) atoms. The van der Waals surface area contributed by atoms with E-state index in [1.165, 1.54) is 12.1 Å². The maximum Gasteiger partial charge on any atom is 0.416 e. The second kappa shape index (κ2) is 14.3. The van der Waals surface area contributed by atoms with Gasteiger partial charge in [0.1, 0.15) is 11.2 Å². The number of furan rings is 2. The van der Waals surface area contributed by atoms with Crippen molar-refractivity contribution in [3.05, 3.63) is 192 Å². The van der Waals surface area contributed by atoms with Crippen LogP contribution in [0.15, 0.2) is 179 Å². The predicted molar refractivity (Wildman–Crippen MR) is 245 cm³/mol. The van der Waals surface area contributed by atoms with Gasteiger partial charge in [0.05, 0.1) is 28.8 Å². The lowest BCUT2D eigenvalue weighted by molar-refractivity contribution is -0.137. The molecule has 0 aliphatic heterocycles. The zero-order chi connectivity index (χ0) is 43.0. The van der Waals surface area contributed by atoms with E-state index in [0.717, 1.165) is 89.1 Å². The van der Waals surface area contributed by atoms with Crippen LogP contribution >= 0.6 is 0 Å². The van der Waals surface area contributed by atoms with Crippen molar-refractivity contribution in [2.24, 2.45) is 0 Å². The van der Waals surface area contributed by atoms with Gasteiger partial charge in [0.25, 0.3) is 0 Å². The van der Waals surface area contributed by atoms with Crippen molar-refractivity contribution in [3.8, 4) is 12.1 Å². The van der Waals surface area contributed by atoms with Crippen LogP contribution in [0.25, 0.3) is 65.4 Å². The normalized spacial score (nSPS) is 11.8. The number of anilines is 6. The molecular weight excluding hydrogens is 794 g/mol. The maximum absolute atomic E-state index is 13.5. The molecule has 2 aromatic heterocycles. The number of hydrogen-bond donors (Lipinski definition) is 0. The van der Waals surface area contributed by atoms with E-state index < -0.39 is 11.7 Å². The average Bonchev–Trinajstić information content (AvgIpc) is 3.89. The second-order valence-corrected chi connectivity index (χ2v) is 15.6. The van der Waals surface area contributed by atoms with E-state index in [-0.39, 0.29) is 0 Å². The van der Waals surface area contributed by atoms with Crippen molar-refractivity contribution in [2.45, 2.75) is 13.1 Å². The van der Waals surface area contributed by atoms with Crippen LogP contribution in [0.5, 0.6) is 0 Å². The highest BCUT2D eigenvalue weighted by Crippen LogP contribution is 2.45. The number of benzene rings is 9. The van der Waals surface area contributed by atoms with E-state index in [2.05, 4.69) is 90.7 Å². The molecule has 9 heteroatoms. The van der Waals surface area contributed by atoms with Crippen LogP contribution in [0.3, 0.4) is 0 Å². The first kappa shape index (κ1) is 37.5. The van der Waals surface area contributed by atoms with E-state index in [0.29, 0.717) is 39.3 Å². The molecular formula is C54H31F3N4O2. The Morgan fingerprint density at radius 2 is 0.730 bits per heavy atom. The van der Waals surface area contributed by atoms with Crippen molar-refractivity contribution >= 4 is 99.5 Å². The fourth-order valence-electron chi connectivity index (χ4n) is 8.65. The molecule has 9 aromatic carbocycles. The lowest BCUT2D eigenvalue weighted by Gasteiger charge is -2.26. The Bertz CT molecular complexity index is 3690. The van der Waals surface area contributed by atoms with E-state index >= 15 is 0 Å². The number of nitriles is 2. The molecule has 0 spiro atoms. The third kappa shape index (κ3) is 6.26. The zero-order valence-electron chi connectivity index (χ0n) is 33.4. The average molecular weight is 825 g/mol. The van der Waals surface area contributed by atoms with E-state index in [4.69, 9.17) is 8.83 Å². The molecule has 0 atom stereocenters. The molecule has 0 radical (unpaired) electrons. The first-order valence-electron chi connectivity index (χ1n) is 20.2. The minimum Gasteiger partial charge on any atom is -0.451 e. The SMILES string of the molecule is Cc1ccc(N(c2ccc(C#N)cc2)c2ccc3c(ccc4c5ccc6c7ccc8cc(N(c9ccc(C#N)cc9)c9ccc(C(F)(F)F)cc9)ccc8c7oc6c5oc34)c2)cc1. The van der Waals surface area contributed by atoms with Gasteiger partial charge in [-0.05, 0) is 163 Å². The lowest BCUT2D eigenvalue weighted by atomic mass is 10.0. The number of fused-ring (bicyclic) bond motifs is 11. The molecule has 0 bridgehead atoms. The number of nitrogens with zero attached hydrogens (tertiary/aromatic N) is 4. The van der Waals surface area contributed by atoms with E-state index in [9.17, 15) is 23.7 Å². The highest BCUT2D eigenvalue weighted by Gasteiger charge is 2.30. The zero-order valence-corrected chi connectivity index (χ0v) is 33.4. The minimum absolute atomic E-state index is 0.471. The van der Waals surface area contributed by atoms with Crippen LogP contribution in [-0.2, 0) is 6.18 Å². The van der Waals surface area contributed by atoms with Gasteiger partial charge in [-0.3, -0.25) is 0 Å². The fourth-order valence-corrected chi connectivity index (χ4v) is 8.65. The molecule has 0 unspecified atom stereocenters. The van der Waals surface area contributed by atoms with E-state index in [1.807, 2.05) is 59.5 Å². The van der Waals surface area contributed by atoms with Crippen molar-refractivity contribution in [2.75, 3.05) is 9.80 Å². The molecule has 0 aliphatic rings. The summed E-state index contributed by atoms with van der Waals surface area (Å²) >= 11 is 0. The Kier molecular flexibility index (Phi) is 8.50. The highest BCUT2D eigenvalue weighted by molar-refractivity contribution is 6.24. The van der Waals surface area contributed by atoms with Gasteiger partial charge in [-0.25, -0.2) is 0 Å². The Morgan fingerprint density at radius 1 is 0.397 bits per heavy atom. The topological polar surface area (TPSA) is 80.3 Å². The summed E-state index contributed by atoms with van der Waals surface area (Å²) in [6, 6.07) is 56.8. The molecule has 11 aromatic rings. The van der Waals surface area contributed by atoms with Crippen LogP contribution < -0.4 is 9.80 Å². The summed E-state index contributed by atoms with van der Waals surface area (Å²) < 4.78 is 54.1. The molecule has 300 valence electrons. The van der Waals surface area contributed by atoms with Gasteiger partial charge in [0.2, 0.25) is 0 Å². The molecule has 0 saturated carbocycles. The van der Waals surface area contributed by atoms with Crippen LogP contribution in [-0.4, -0.2) is 0 Å². The number of alkyl halides is 3. The summed E-state index contributed by atoms with van der Waals surface area (Å²) in [4.78, 5) is 4.04. The van der Waals surface area contributed by atoms with Crippen LogP contribution in [0.1, 0.15) is 22.3 Å². The van der Waals surface area contributed by atoms with Gasteiger partial charge < -0.3 is 18.6 Å². The van der Waals surface area contributed by atoms with Gasteiger partial charge in [-0.15, -0.1) is 0 Å². The Hall–Kier alpha value is -8.53. The summed E-state index contributed by atoms with van der Waals surface area (Å²) in [6.07, 6.45) is -4.47. The molecule has 0 aliphatic carbocycles. The standard InChI is InChI=1S/C54H31F3N4O2/c1-32-2-12-38(13-3-32)60(39-14-4-33(30-58)5-15-39)42-20-24-44-35(28-42)8-22-46-48-26-27-49-47-23-9-36-29-43(21-25-45(36)51(47)63-53(49)52(48)62-50(44)46)61(40-16-6-34(31-59)7-17-40)41-18-10-37(11-19-41)54(55,56)57/h2-29H,1H3. The first-order chi connectivity index (χ1) is 30.6. The van der Waals surface area contributed by atoms with Crippen molar-refractivity contribution in [1.29, 1.82) is 10.5 Å². The Morgan fingerprint density at radius 3 is 1.13 bits per heavy atom. The van der Waals surface area contributed by atoms with Crippen molar-refractivity contribution in [3.63, 3.8) is 0 Å². The second-order valence-electron chi connectivity index (χ2n) is 15.6. The third-order valence-corrected chi connectivity index (χ3v) is 11.8. The molecule has 6 nitrogen and oxygen atoms in total. The summed E-state index contributed by atoms with van der Waals surface area (Å²) in [7, 11) is 0.